The number of carbonyl (C=O) groups excluding carboxylic acids is 1. The quantitative estimate of drug-likeness (QED) is 0.819. The van der Waals surface area contributed by atoms with Crippen LogP contribution >= 0.6 is 11.3 Å². The maximum atomic E-state index is 11.7. The monoisotopic (exact) mass is 248 g/mol. The van der Waals surface area contributed by atoms with Gasteiger partial charge in [-0.3, -0.25) is 4.79 Å². The van der Waals surface area contributed by atoms with Crippen molar-refractivity contribution in [1.82, 2.24) is 4.98 Å². The minimum Gasteiger partial charge on any atom is -0.508 e. The van der Waals surface area contributed by atoms with Crippen LogP contribution in [-0.2, 0) is 11.2 Å². The molecule has 0 aliphatic rings. The Morgan fingerprint density at radius 2 is 2.35 bits per heavy atom. The molecule has 88 valence electrons. The van der Waals surface area contributed by atoms with Gasteiger partial charge in [0, 0.05) is 11.1 Å². The molecule has 4 nitrogen and oxygen atoms in total. The first-order chi connectivity index (χ1) is 8.15. The third-order valence-electron chi connectivity index (χ3n) is 2.31. The van der Waals surface area contributed by atoms with E-state index in [0.29, 0.717) is 5.69 Å². The number of amides is 1. The van der Waals surface area contributed by atoms with Gasteiger partial charge < -0.3 is 10.4 Å². The van der Waals surface area contributed by atoms with Crippen LogP contribution in [0.15, 0.2) is 29.1 Å². The van der Waals surface area contributed by atoms with Crippen LogP contribution in [0, 0.1) is 6.92 Å². The lowest BCUT2D eigenvalue weighted by Crippen LogP contribution is -2.15. The normalized spacial score (nSPS) is 10.2. The lowest BCUT2D eigenvalue weighted by Gasteiger charge is -2.07. The van der Waals surface area contributed by atoms with Crippen molar-refractivity contribution in [2.75, 3.05) is 5.32 Å². The first kappa shape index (κ1) is 11.6. The van der Waals surface area contributed by atoms with Gasteiger partial charge in [-0.15, -0.1) is 11.3 Å². The van der Waals surface area contributed by atoms with Crippen molar-refractivity contribution in [2.24, 2.45) is 0 Å². The highest BCUT2D eigenvalue weighted by Crippen LogP contribution is 2.20. The Morgan fingerprint density at radius 1 is 1.53 bits per heavy atom. The van der Waals surface area contributed by atoms with Gasteiger partial charge in [0.1, 0.15) is 5.75 Å². The molecule has 0 aliphatic heterocycles. The fourth-order valence-electron chi connectivity index (χ4n) is 1.47. The number of aryl methyl sites for hydroxylation is 1. The molecule has 0 unspecified atom stereocenters. The third-order valence-corrected chi connectivity index (χ3v) is 2.94. The van der Waals surface area contributed by atoms with Crippen molar-refractivity contribution in [1.29, 1.82) is 0 Å². The summed E-state index contributed by atoms with van der Waals surface area (Å²) in [5, 5.41) is 13.9. The Bertz CT molecular complexity index is 523. The summed E-state index contributed by atoms with van der Waals surface area (Å²) < 4.78 is 0. The molecule has 2 rings (SSSR count). The number of nitrogens with zero attached hydrogens (tertiary/aromatic N) is 1. The van der Waals surface area contributed by atoms with Gasteiger partial charge in [0.05, 0.1) is 17.6 Å². The number of aromatic hydroxyl groups is 1. The number of rotatable bonds is 3. The van der Waals surface area contributed by atoms with Crippen LogP contribution < -0.4 is 5.32 Å². The highest BCUT2D eigenvalue weighted by Gasteiger charge is 2.07. The van der Waals surface area contributed by atoms with Gasteiger partial charge in [-0.2, -0.15) is 0 Å². The molecule has 0 radical (unpaired) electrons. The topological polar surface area (TPSA) is 62.2 Å². The standard InChI is InChI=1S/C12H12N2O2S/c1-8-4-10(15)2-3-11(8)14-12(16)5-9-6-17-7-13-9/h2-4,6-7,15H,5H2,1H3,(H,14,16). The van der Waals surface area contributed by atoms with Gasteiger partial charge in [0.15, 0.2) is 0 Å². The number of aromatic nitrogens is 1. The zero-order valence-corrected chi connectivity index (χ0v) is 10.1. The molecule has 1 aromatic heterocycles. The predicted octanol–water partition coefficient (Wildman–Crippen LogP) is 2.34. The first-order valence-electron chi connectivity index (χ1n) is 5.11. The summed E-state index contributed by atoms with van der Waals surface area (Å²) in [6, 6.07) is 4.84. The summed E-state index contributed by atoms with van der Waals surface area (Å²) >= 11 is 1.47. The largest absolute Gasteiger partial charge is 0.508 e. The van der Waals surface area contributed by atoms with E-state index in [9.17, 15) is 9.90 Å². The van der Waals surface area contributed by atoms with Crippen molar-refractivity contribution >= 4 is 22.9 Å². The Morgan fingerprint density at radius 3 is 3.00 bits per heavy atom. The van der Waals surface area contributed by atoms with E-state index in [2.05, 4.69) is 10.3 Å². The molecular formula is C12H12N2O2S. The molecule has 5 heteroatoms. The molecule has 1 heterocycles. The molecule has 0 fully saturated rings. The van der Waals surface area contributed by atoms with Gasteiger partial charge in [-0.1, -0.05) is 0 Å². The molecule has 1 amide bonds. The molecule has 0 spiro atoms. The first-order valence-corrected chi connectivity index (χ1v) is 6.06. The molecule has 1 aromatic carbocycles. The molecule has 0 aliphatic carbocycles. The van der Waals surface area contributed by atoms with Crippen LogP contribution in [0.25, 0.3) is 0 Å². The number of carbonyl (C=O) groups is 1. The fraction of sp³-hybridized carbons (Fsp3) is 0.167. The fourth-order valence-corrected chi connectivity index (χ4v) is 2.03. The van der Waals surface area contributed by atoms with Crippen LogP contribution in [0.2, 0.25) is 0 Å². The Hall–Kier alpha value is -1.88. The number of phenols is 1. The summed E-state index contributed by atoms with van der Waals surface area (Å²) in [7, 11) is 0. The maximum Gasteiger partial charge on any atom is 0.230 e. The number of anilines is 1. The van der Waals surface area contributed by atoms with Crippen molar-refractivity contribution < 1.29 is 9.90 Å². The molecule has 2 N–H and O–H groups in total. The summed E-state index contributed by atoms with van der Waals surface area (Å²) in [6.07, 6.45) is 0.268. The van der Waals surface area contributed by atoms with E-state index in [1.807, 2.05) is 12.3 Å². The number of thiazole rings is 1. The molecule has 0 saturated heterocycles. The van der Waals surface area contributed by atoms with Gasteiger partial charge >= 0.3 is 0 Å². The lowest BCUT2D eigenvalue weighted by molar-refractivity contribution is -0.115. The highest BCUT2D eigenvalue weighted by atomic mass is 32.1. The Kier molecular flexibility index (Phi) is 3.39. The summed E-state index contributed by atoms with van der Waals surface area (Å²) in [5.41, 5.74) is 4.01. The van der Waals surface area contributed by atoms with E-state index >= 15 is 0 Å². The van der Waals surface area contributed by atoms with Crippen LogP contribution in [0.5, 0.6) is 5.75 Å². The zero-order valence-electron chi connectivity index (χ0n) is 9.30. The second-order valence-corrected chi connectivity index (χ2v) is 4.42. The van der Waals surface area contributed by atoms with Gasteiger partial charge in [-0.25, -0.2) is 4.98 Å². The van der Waals surface area contributed by atoms with E-state index in [-0.39, 0.29) is 18.1 Å². The van der Waals surface area contributed by atoms with Crippen LogP contribution in [0.1, 0.15) is 11.3 Å². The van der Waals surface area contributed by atoms with Gasteiger partial charge in [0.25, 0.3) is 0 Å². The Labute approximate surface area is 103 Å². The second kappa shape index (κ2) is 4.97. The molecule has 2 aromatic rings. The number of nitrogens with one attached hydrogen (secondary N) is 1. The number of benzene rings is 1. The van der Waals surface area contributed by atoms with Crippen LogP contribution in [0.4, 0.5) is 5.69 Å². The van der Waals surface area contributed by atoms with Gasteiger partial charge in [0.2, 0.25) is 5.91 Å². The van der Waals surface area contributed by atoms with E-state index in [4.69, 9.17) is 0 Å². The highest BCUT2D eigenvalue weighted by molar-refractivity contribution is 7.07. The smallest absolute Gasteiger partial charge is 0.230 e. The number of hydrogen-bond donors (Lipinski definition) is 2. The second-order valence-electron chi connectivity index (χ2n) is 3.70. The predicted molar refractivity (Wildman–Crippen MR) is 67.3 cm³/mol. The van der Waals surface area contributed by atoms with Crippen molar-refractivity contribution in [3.63, 3.8) is 0 Å². The van der Waals surface area contributed by atoms with E-state index in [1.54, 1.807) is 23.7 Å². The zero-order chi connectivity index (χ0) is 12.3. The minimum atomic E-state index is -0.107. The van der Waals surface area contributed by atoms with E-state index in [1.165, 1.54) is 11.3 Å². The lowest BCUT2D eigenvalue weighted by atomic mass is 10.2. The maximum absolute atomic E-state index is 11.7. The minimum absolute atomic E-state index is 0.107. The van der Waals surface area contributed by atoms with Crippen molar-refractivity contribution in [2.45, 2.75) is 13.3 Å². The SMILES string of the molecule is Cc1cc(O)ccc1NC(=O)Cc1cscn1. The molecule has 17 heavy (non-hydrogen) atoms. The molecule has 0 atom stereocenters. The summed E-state index contributed by atoms with van der Waals surface area (Å²) in [4.78, 5) is 15.8. The van der Waals surface area contributed by atoms with E-state index < -0.39 is 0 Å². The molecule has 0 bridgehead atoms. The summed E-state index contributed by atoms with van der Waals surface area (Å²) in [6.45, 7) is 1.83. The van der Waals surface area contributed by atoms with Crippen LogP contribution in [-0.4, -0.2) is 16.0 Å². The van der Waals surface area contributed by atoms with Crippen LogP contribution in [0.3, 0.4) is 0 Å². The number of hydrogen-bond acceptors (Lipinski definition) is 4. The van der Waals surface area contributed by atoms with Crippen molar-refractivity contribution in [3.8, 4) is 5.75 Å². The third kappa shape index (κ3) is 3.04. The molecular weight excluding hydrogens is 236 g/mol. The average molecular weight is 248 g/mol. The number of phenolic OH excluding ortho intramolecular Hbond substituents is 1. The van der Waals surface area contributed by atoms with Gasteiger partial charge in [-0.05, 0) is 30.7 Å². The van der Waals surface area contributed by atoms with E-state index in [0.717, 1.165) is 11.3 Å². The Balaban J connectivity index is 2.03. The molecule has 0 saturated carbocycles. The summed E-state index contributed by atoms with van der Waals surface area (Å²) in [5.74, 6) is 0.0877. The van der Waals surface area contributed by atoms with Crippen molar-refractivity contribution in [3.05, 3.63) is 40.3 Å². The average Bonchev–Trinajstić information content (AvgIpc) is 2.75.